The molecule has 5 heteroatoms. The summed E-state index contributed by atoms with van der Waals surface area (Å²) >= 11 is 6.23. The number of aromatic nitrogens is 2. The van der Waals surface area contributed by atoms with Gasteiger partial charge in [0, 0.05) is 55.0 Å². The number of rotatable bonds is 5. The van der Waals surface area contributed by atoms with Crippen LogP contribution in [0.5, 0.6) is 0 Å². The van der Waals surface area contributed by atoms with E-state index in [0.717, 1.165) is 43.6 Å². The maximum absolute atomic E-state index is 6.23. The average Bonchev–Trinajstić information content (AvgIpc) is 3.25. The van der Waals surface area contributed by atoms with Crippen LogP contribution in [0, 0.1) is 6.92 Å². The second-order valence-electron chi connectivity index (χ2n) is 9.43. The lowest BCUT2D eigenvalue weighted by molar-refractivity contribution is 0.249. The summed E-state index contributed by atoms with van der Waals surface area (Å²) in [6.07, 6.45) is 1.87. The maximum Gasteiger partial charge on any atom is 0.128 e. The van der Waals surface area contributed by atoms with Gasteiger partial charge in [-0.2, -0.15) is 0 Å². The molecule has 6 rings (SSSR count). The van der Waals surface area contributed by atoms with Crippen LogP contribution in [-0.2, 0) is 6.54 Å². The van der Waals surface area contributed by atoms with Crippen LogP contribution in [-0.4, -0.2) is 40.6 Å². The van der Waals surface area contributed by atoms with Gasteiger partial charge in [0.1, 0.15) is 5.82 Å². The third-order valence-corrected chi connectivity index (χ3v) is 7.49. The topological polar surface area (TPSA) is 24.3 Å². The molecule has 0 bridgehead atoms. The first-order valence-corrected chi connectivity index (χ1v) is 12.9. The summed E-state index contributed by atoms with van der Waals surface area (Å²) in [6.45, 7) is 7.20. The minimum atomic E-state index is 0.754. The normalized spacial score (nSPS) is 14.4. The quantitative estimate of drug-likeness (QED) is 0.264. The number of hydrogen-bond donors (Lipinski definition) is 0. The molecule has 1 saturated heterocycles. The highest BCUT2D eigenvalue weighted by molar-refractivity contribution is 6.30. The summed E-state index contributed by atoms with van der Waals surface area (Å²) in [4.78, 5) is 9.47. The van der Waals surface area contributed by atoms with Gasteiger partial charge in [0.2, 0.25) is 0 Å². The van der Waals surface area contributed by atoms with E-state index in [0.29, 0.717) is 0 Å². The lowest BCUT2D eigenvalue weighted by Gasteiger charge is -2.35. The molecule has 0 unspecified atom stereocenters. The van der Waals surface area contributed by atoms with Gasteiger partial charge in [-0.25, -0.2) is 4.98 Å². The molecule has 0 aliphatic carbocycles. The molecule has 0 N–H and O–H groups in total. The number of halogens is 1. The van der Waals surface area contributed by atoms with Crippen LogP contribution in [0.1, 0.15) is 11.3 Å². The van der Waals surface area contributed by atoms with E-state index in [4.69, 9.17) is 11.6 Å². The van der Waals surface area contributed by atoms with Gasteiger partial charge in [-0.3, -0.25) is 4.90 Å². The van der Waals surface area contributed by atoms with Gasteiger partial charge in [0.25, 0.3) is 0 Å². The molecular weight excluding hydrogens is 464 g/mol. The van der Waals surface area contributed by atoms with Crippen LogP contribution in [0.2, 0.25) is 5.02 Å². The third kappa shape index (κ3) is 4.39. The van der Waals surface area contributed by atoms with E-state index >= 15 is 0 Å². The van der Waals surface area contributed by atoms with Crippen LogP contribution < -0.4 is 4.90 Å². The van der Waals surface area contributed by atoms with Crippen molar-refractivity contribution in [3.05, 3.63) is 113 Å². The van der Waals surface area contributed by atoms with Crippen LogP contribution in [0.25, 0.3) is 27.7 Å². The van der Waals surface area contributed by atoms with Gasteiger partial charge in [0.05, 0.1) is 11.4 Å². The lowest BCUT2D eigenvalue weighted by atomic mass is 10.1. The van der Waals surface area contributed by atoms with Crippen molar-refractivity contribution >= 4 is 28.2 Å². The first-order valence-electron chi connectivity index (χ1n) is 12.5. The number of anilines is 1. The Hall–Kier alpha value is -3.60. The smallest absolute Gasteiger partial charge is 0.128 e. The van der Waals surface area contributed by atoms with E-state index in [-0.39, 0.29) is 0 Å². The van der Waals surface area contributed by atoms with Gasteiger partial charge in [-0.05, 0) is 59.8 Å². The monoisotopic (exact) mass is 492 g/mol. The molecule has 4 nitrogen and oxygen atoms in total. The Bertz CT molecular complexity index is 1480. The SMILES string of the molecule is Cc1c(CN2CCN(c3ccccn3)CC2)cc(-c2ccc(Cl)cc2)n1-c1cccc2ccccc12. The molecule has 36 heavy (non-hydrogen) atoms. The van der Waals surface area contributed by atoms with Crippen LogP contribution in [0.4, 0.5) is 5.82 Å². The summed E-state index contributed by atoms with van der Waals surface area (Å²) < 4.78 is 2.42. The minimum Gasteiger partial charge on any atom is -0.354 e. The highest BCUT2D eigenvalue weighted by atomic mass is 35.5. The molecule has 3 heterocycles. The third-order valence-electron chi connectivity index (χ3n) is 7.24. The van der Waals surface area contributed by atoms with Crippen LogP contribution >= 0.6 is 11.6 Å². The Morgan fingerprint density at radius 3 is 2.33 bits per heavy atom. The molecule has 0 radical (unpaired) electrons. The maximum atomic E-state index is 6.23. The number of nitrogens with zero attached hydrogens (tertiary/aromatic N) is 4. The molecule has 3 aromatic carbocycles. The second-order valence-corrected chi connectivity index (χ2v) is 9.87. The molecule has 1 aliphatic rings. The van der Waals surface area contributed by atoms with Crippen molar-refractivity contribution in [2.45, 2.75) is 13.5 Å². The first kappa shape index (κ1) is 22.8. The molecule has 2 aromatic heterocycles. The van der Waals surface area contributed by atoms with E-state index in [2.05, 4.69) is 99.1 Å². The Kier molecular flexibility index (Phi) is 6.22. The van der Waals surface area contributed by atoms with Gasteiger partial charge in [0.15, 0.2) is 0 Å². The first-order chi connectivity index (χ1) is 17.7. The van der Waals surface area contributed by atoms with Gasteiger partial charge in [-0.1, -0.05) is 66.2 Å². The number of pyridine rings is 1. The van der Waals surface area contributed by atoms with Crippen LogP contribution in [0.3, 0.4) is 0 Å². The van der Waals surface area contributed by atoms with E-state index in [9.17, 15) is 0 Å². The van der Waals surface area contributed by atoms with Gasteiger partial charge >= 0.3 is 0 Å². The largest absolute Gasteiger partial charge is 0.354 e. The Morgan fingerprint density at radius 2 is 1.56 bits per heavy atom. The molecule has 0 saturated carbocycles. The Balaban J connectivity index is 1.35. The van der Waals surface area contributed by atoms with E-state index in [1.807, 2.05) is 24.4 Å². The molecule has 180 valence electrons. The lowest BCUT2D eigenvalue weighted by Crippen LogP contribution is -2.46. The van der Waals surface area contributed by atoms with Crippen molar-refractivity contribution in [3.8, 4) is 16.9 Å². The number of fused-ring (bicyclic) bond motifs is 1. The van der Waals surface area contributed by atoms with Crippen molar-refractivity contribution in [2.75, 3.05) is 31.1 Å². The molecule has 0 atom stereocenters. The fourth-order valence-electron chi connectivity index (χ4n) is 5.28. The van der Waals surface area contributed by atoms with E-state index < -0.39 is 0 Å². The summed E-state index contributed by atoms with van der Waals surface area (Å²) in [6, 6.07) is 31.9. The average molecular weight is 493 g/mol. The molecule has 5 aromatic rings. The number of piperazine rings is 1. The van der Waals surface area contributed by atoms with Gasteiger partial charge < -0.3 is 9.47 Å². The molecule has 1 fully saturated rings. The van der Waals surface area contributed by atoms with Crippen LogP contribution in [0.15, 0.2) is 97.2 Å². The van der Waals surface area contributed by atoms with Crippen molar-refractivity contribution in [1.82, 2.24) is 14.5 Å². The highest BCUT2D eigenvalue weighted by Gasteiger charge is 2.22. The molecular formula is C31H29ClN4. The Morgan fingerprint density at radius 1 is 0.806 bits per heavy atom. The van der Waals surface area contributed by atoms with E-state index in [1.54, 1.807) is 0 Å². The fourth-order valence-corrected chi connectivity index (χ4v) is 5.41. The van der Waals surface area contributed by atoms with Crippen molar-refractivity contribution in [2.24, 2.45) is 0 Å². The predicted octanol–water partition coefficient (Wildman–Crippen LogP) is 6.98. The summed E-state index contributed by atoms with van der Waals surface area (Å²) in [5.41, 5.74) is 6.22. The fraction of sp³-hybridized carbons (Fsp3) is 0.194. The number of hydrogen-bond acceptors (Lipinski definition) is 3. The highest BCUT2D eigenvalue weighted by Crippen LogP contribution is 2.34. The number of benzene rings is 3. The Labute approximate surface area is 217 Å². The summed E-state index contributed by atoms with van der Waals surface area (Å²) in [5.74, 6) is 1.07. The predicted molar refractivity (Wildman–Crippen MR) is 150 cm³/mol. The summed E-state index contributed by atoms with van der Waals surface area (Å²) in [5, 5.41) is 3.26. The van der Waals surface area contributed by atoms with Crippen molar-refractivity contribution in [1.29, 1.82) is 0 Å². The summed E-state index contributed by atoms with van der Waals surface area (Å²) in [7, 11) is 0. The van der Waals surface area contributed by atoms with Crippen molar-refractivity contribution in [3.63, 3.8) is 0 Å². The van der Waals surface area contributed by atoms with Crippen molar-refractivity contribution < 1.29 is 0 Å². The molecule has 0 spiro atoms. The zero-order chi connectivity index (χ0) is 24.5. The van der Waals surface area contributed by atoms with Gasteiger partial charge in [-0.15, -0.1) is 0 Å². The minimum absolute atomic E-state index is 0.754. The zero-order valence-electron chi connectivity index (χ0n) is 20.4. The standard InChI is InChI=1S/C31H29ClN4/c1-23-26(22-34-17-19-35(20-18-34)31-11-4-5-16-33-31)21-30(25-12-14-27(32)15-13-25)36(23)29-10-6-8-24-7-2-3-9-28(24)29/h2-16,21H,17-20,22H2,1H3. The molecule has 1 aliphatic heterocycles. The zero-order valence-corrected chi connectivity index (χ0v) is 21.2. The second kappa shape index (κ2) is 9.81. The van der Waals surface area contributed by atoms with E-state index in [1.165, 1.54) is 39.0 Å². The molecule has 0 amide bonds.